The number of rotatable bonds is 4. The summed E-state index contributed by atoms with van der Waals surface area (Å²) >= 11 is 1.28. The lowest BCUT2D eigenvalue weighted by Gasteiger charge is -2.30. The highest BCUT2D eigenvalue weighted by Crippen LogP contribution is 2.36. The van der Waals surface area contributed by atoms with Gasteiger partial charge in [0, 0.05) is 30.2 Å². The summed E-state index contributed by atoms with van der Waals surface area (Å²) in [5, 5.41) is 2.97. The number of hydrogen-bond acceptors (Lipinski definition) is 4. The molecule has 4 rings (SSSR count). The first kappa shape index (κ1) is 16.6. The van der Waals surface area contributed by atoms with Crippen LogP contribution in [0.4, 0.5) is 0 Å². The number of aromatic amines is 1. The van der Waals surface area contributed by atoms with E-state index in [1.54, 1.807) is 28.9 Å². The van der Waals surface area contributed by atoms with E-state index in [0.717, 1.165) is 24.1 Å². The molecule has 0 amide bonds. The molecule has 1 aromatic carbocycles. The average molecular weight is 377 g/mol. The molecule has 0 unspecified atom stereocenters. The number of thiophene rings is 1. The Balaban J connectivity index is 1.54. The van der Waals surface area contributed by atoms with Gasteiger partial charge in [0.15, 0.2) is 0 Å². The second-order valence-electron chi connectivity index (χ2n) is 6.27. The van der Waals surface area contributed by atoms with E-state index in [2.05, 4.69) is 17.2 Å². The zero-order valence-electron chi connectivity index (χ0n) is 13.9. The van der Waals surface area contributed by atoms with Gasteiger partial charge in [-0.2, -0.15) is 4.31 Å². The molecular weight excluding hydrogens is 356 g/mol. The molecule has 25 heavy (non-hydrogen) atoms. The molecule has 1 N–H and O–H groups in total. The molecule has 0 radical (unpaired) electrons. The average Bonchev–Trinajstić information content (AvgIpc) is 3.31. The standard InChI is InChI=1S/C18H20N2O3S2/c1-23-14-4-5-17-15(11-14)16(12-19-17)13-6-8-20(9-7-13)25(21,22)18-3-2-10-24-18/h2-5,10-13,19H,6-9H2,1H3. The number of fused-ring (bicyclic) bond motifs is 1. The number of ether oxygens (including phenoxy) is 1. The maximum atomic E-state index is 12.7. The lowest BCUT2D eigenvalue weighted by Crippen LogP contribution is -2.37. The lowest BCUT2D eigenvalue weighted by atomic mass is 9.90. The Bertz CT molecular complexity index is 969. The van der Waals surface area contributed by atoms with Gasteiger partial charge >= 0.3 is 0 Å². The molecule has 0 spiro atoms. The Morgan fingerprint density at radius 1 is 1.24 bits per heavy atom. The first-order chi connectivity index (χ1) is 12.1. The molecule has 132 valence electrons. The van der Waals surface area contributed by atoms with E-state index in [4.69, 9.17) is 4.74 Å². The van der Waals surface area contributed by atoms with Gasteiger partial charge in [-0.3, -0.25) is 0 Å². The fraction of sp³-hybridized carbons (Fsp3) is 0.333. The maximum absolute atomic E-state index is 12.7. The molecular formula is C18H20N2O3S2. The van der Waals surface area contributed by atoms with Crippen LogP contribution in [-0.2, 0) is 10.0 Å². The van der Waals surface area contributed by atoms with Crippen molar-refractivity contribution in [2.24, 2.45) is 0 Å². The summed E-state index contributed by atoms with van der Waals surface area (Å²) in [6.07, 6.45) is 3.71. The Kier molecular flexibility index (Phi) is 4.31. The zero-order valence-corrected chi connectivity index (χ0v) is 15.6. The number of nitrogens with one attached hydrogen (secondary N) is 1. The van der Waals surface area contributed by atoms with Crippen LogP contribution in [0, 0.1) is 0 Å². The Morgan fingerprint density at radius 3 is 2.72 bits per heavy atom. The van der Waals surface area contributed by atoms with Crippen LogP contribution in [0.25, 0.3) is 10.9 Å². The Labute approximate surface area is 151 Å². The van der Waals surface area contributed by atoms with Gasteiger partial charge in [-0.15, -0.1) is 11.3 Å². The third kappa shape index (κ3) is 2.96. The van der Waals surface area contributed by atoms with Crippen LogP contribution >= 0.6 is 11.3 Å². The smallest absolute Gasteiger partial charge is 0.252 e. The van der Waals surface area contributed by atoms with Gasteiger partial charge in [0.2, 0.25) is 0 Å². The van der Waals surface area contributed by atoms with Gasteiger partial charge in [0.1, 0.15) is 9.96 Å². The molecule has 0 bridgehead atoms. The quantitative estimate of drug-likeness (QED) is 0.753. The molecule has 3 heterocycles. The highest BCUT2D eigenvalue weighted by Gasteiger charge is 2.31. The van der Waals surface area contributed by atoms with Crippen LogP contribution in [0.1, 0.15) is 24.3 Å². The van der Waals surface area contributed by atoms with E-state index in [0.29, 0.717) is 23.2 Å². The second-order valence-corrected chi connectivity index (χ2v) is 9.38. The second kappa shape index (κ2) is 6.48. The number of hydrogen-bond donors (Lipinski definition) is 1. The van der Waals surface area contributed by atoms with Crippen molar-refractivity contribution in [3.8, 4) is 5.75 Å². The number of H-pyrrole nitrogens is 1. The summed E-state index contributed by atoms with van der Waals surface area (Å²) in [6, 6.07) is 9.48. The van der Waals surface area contributed by atoms with Crippen LogP contribution in [0.15, 0.2) is 46.1 Å². The summed E-state index contributed by atoms with van der Waals surface area (Å²) in [5.41, 5.74) is 2.34. The minimum Gasteiger partial charge on any atom is -0.497 e. The van der Waals surface area contributed by atoms with Crippen molar-refractivity contribution in [3.05, 3.63) is 47.5 Å². The van der Waals surface area contributed by atoms with E-state index in [9.17, 15) is 8.42 Å². The summed E-state index contributed by atoms with van der Waals surface area (Å²) in [6.45, 7) is 1.11. The van der Waals surface area contributed by atoms with Crippen LogP contribution in [-0.4, -0.2) is 37.9 Å². The van der Waals surface area contributed by atoms with Gasteiger partial charge in [-0.05, 0) is 54.0 Å². The predicted octanol–water partition coefficient (Wildman–Crippen LogP) is 3.81. The van der Waals surface area contributed by atoms with Gasteiger partial charge in [0.05, 0.1) is 7.11 Å². The summed E-state index contributed by atoms with van der Waals surface area (Å²) in [7, 11) is -1.67. The molecule has 7 heteroatoms. The van der Waals surface area contributed by atoms with E-state index >= 15 is 0 Å². The van der Waals surface area contributed by atoms with Gasteiger partial charge in [-0.1, -0.05) is 6.07 Å². The van der Waals surface area contributed by atoms with E-state index in [1.807, 2.05) is 12.1 Å². The number of aromatic nitrogens is 1. The first-order valence-corrected chi connectivity index (χ1v) is 10.6. The number of piperidine rings is 1. The zero-order chi connectivity index (χ0) is 17.4. The Hall–Kier alpha value is -1.83. The van der Waals surface area contributed by atoms with E-state index in [1.165, 1.54) is 22.3 Å². The van der Waals surface area contributed by atoms with Crippen LogP contribution in [0.5, 0.6) is 5.75 Å². The number of benzene rings is 1. The molecule has 0 aliphatic carbocycles. The predicted molar refractivity (Wildman–Crippen MR) is 99.9 cm³/mol. The Morgan fingerprint density at radius 2 is 2.04 bits per heavy atom. The highest BCUT2D eigenvalue weighted by molar-refractivity contribution is 7.91. The van der Waals surface area contributed by atoms with Crippen molar-refractivity contribution in [1.82, 2.24) is 9.29 Å². The fourth-order valence-electron chi connectivity index (χ4n) is 3.53. The molecule has 0 saturated carbocycles. The number of sulfonamides is 1. The number of nitrogens with zero attached hydrogens (tertiary/aromatic N) is 1. The van der Waals surface area contributed by atoms with Crippen molar-refractivity contribution >= 4 is 32.3 Å². The lowest BCUT2D eigenvalue weighted by molar-refractivity contribution is 0.321. The minimum atomic E-state index is -3.34. The third-order valence-corrected chi connectivity index (χ3v) is 8.18. The summed E-state index contributed by atoms with van der Waals surface area (Å²) < 4.78 is 32.7. The van der Waals surface area contributed by atoms with Gasteiger partial charge in [-0.25, -0.2) is 8.42 Å². The molecule has 0 atom stereocenters. The maximum Gasteiger partial charge on any atom is 0.252 e. The van der Waals surface area contributed by atoms with Crippen molar-refractivity contribution in [2.45, 2.75) is 23.0 Å². The van der Waals surface area contributed by atoms with Crippen molar-refractivity contribution in [2.75, 3.05) is 20.2 Å². The van der Waals surface area contributed by atoms with Crippen molar-refractivity contribution < 1.29 is 13.2 Å². The molecule has 1 aliphatic heterocycles. The van der Waals surface area contributed by atoms with Crippen molar-refractivity contribution in [3.63, 3.8) is 0 Å². The fourth-order valence-corrected chi connectivity index (χ4v) is 6.14. The van der Waals surface area contributed by atoms with E-state index in [-0.39, 0.29) is 0 Å². The molecule has 2 aromatic heterocycles. The van der Waals surface area contributed by atoms with Crippen molar-refractivity contribution in [1.29, 1.82) is 0 Å². The monoisotopic (exact) mass is 376 g/mol. The normalized spacial score (nSPS) is 17.2. The van der Waals surface area contributed by atoms with Crippen LogP contribution < -0.4 is 4.74 Å². The SMILES string of the molecule is COc1ccc2[nH]cc(C3CCN(S(=O)(=O)c4cccs4)CC3)c2c1. The highest BCUT2D eigenvalue weighted by atomic mass is 32.2. The largest absolute Gasteiger partial charge is 0.497 e. The minimum absolute atomic E-state index is 0.357. The van der Waals surface area contributed by atoms with Gasteiger partial charge in [0.25, 0.3) is 10.0 Å². The summed E-state index contributed by atoms with van der Waals surface area (Å²) in [4.78, 5) is 3.31. The van der Waals surface area contributed by atoms with E-state index < -0.39 is 10.0 Å². The van der Waals surface area contributed by atoms with Crippen LogP contribution in [0.3, 0.4) is 0 Å². The van der Waals surface area contributed by atoms with Crippen LogP contribution in [0.2, 0.25) is 0 Å². The first-order valence-electron chi connectivity index (χ1n) is 8.28. The third-order valence-electron chi connectivity index (χ3n) is 4.90. The molecule has 5 nitrogen and oxygen atoms in total. The van der Waals surface area contributed by atoms with Gasteiger partial charge < -0.3 is 9.72 Å². The number of methoxy groups -OCH3 is 1. The summed E-state index contributed by atoms with van der Waals surface area (Å²) in [5.74, 6) is 1.20. The molecule has 3 aromatic rings. The molecule has 1 fully saturated rings. The molecule has 1 saturated heterocycles. The molecule has 1 aliphatic rings. The topological polar surface area (TPSA) is 62.4 Å².